The zero-order valence-corrected chi connectivity index (χ0v) is 9.67. The second-order valence-corrected chi connectivity index (χ2v) is 4.62. The predicted octanol–water partition coefficient (Wildman–Crippen LogP) is 2.53. The van der Waals surface area contributed by atoms with Gasteiger partial charge < -0.3 is 10.8 Å². The minimum absolute atomic E-state index is 0.382. The number of hydrogen-bond acceptors (Lipinski definition) is 3. The van der Waals surface area contributed by atoms with E-state index in [1.165, 1.54) is 11.8 Å². The van der Waals surface area contributed by atoms with Crippen LogP contribution < -0.4 is 5.73 Å². The Bertz CT molecular complexity index is 366. The third-order valence-electron chi connectivity index (χ3n) is 2.11. The first-order valence-electron chi connectivity index (χ1n) is 4.80. The fraction of sp³-hybridized carbons (Fsp3) is 0.364. The Kier molecular flexibility index (Phi) is 4.03. The minimum Gasteiger partial charge on any atom is -0.480 e. The third-order valence-corrected chi connectivity index (χ3v) is 3.65. The normalized spacial score (nSPS) is 12.4. The molecule has 4 heteroatoms. The lowest BCUT2D eigenvalue weighted by atomic mass is 10.2. The van der Waals surface area contributed by atoms with E-state index in [9.17, 15) is 4.79 Å². The van der Waals surface area contributed by atoms with Gasteiger partial charge >= 0.3 is 5.97 Å². The average molecular weight is 225 g/mol. The van der Waals surface area contributed by atoms with Gasteiger partial charge in [-0.25, -0.2) is 0 Å². The Balaban J connectivity index is 2.84. The largest absolute Gasteiger partial charge is 0.480 e. The molecule has 1 unspecified atom stereocenters. The molecular formula is C11H15NO2S. The van der Waals surface area contributed by atoms with Gasteiger partial charge in [0.2, 0.25) is 0 Å². The van der Waals surface area contributed by atoms with Crippen molar-refractivity contribution in [2.45, 2.75) is 30.4 Å². The van der Waals surface area contributed by atoms with Crippen molar-refractivity contribution in [2.75, 3.05) is 5.73 Å². The van der Waals surface area contributed by atoms with E-state index in [1.807, 2.05) is 26.0 Å². The van der Waals surface area contributed by atoms with Gasteiger partial charge in [0, 0.05) is 10.6 Å². The number of benzene rings is 1. The Morgan fingerprint density at radius 1 is 1.60 bits per heavy atom. The molecule has 1 aromatic rings. The first-order valence-corrected chi connectivity index (χ1v) is 5.68. The average Bonchev–Trinajstić information content (AvgIpc) is 2.16. The summed E-state index contributed by atoms with van der Waals surface area (Å²) < 4.78 is 0. The van der Waals surface area contributed by atoms with Crippen LogP contribution in [-0.4, -0.2) is 16.3 Å². The summed E-state index contributed by atoms with van der Waals surface area (Å²) in [5, 5.41) is 8.55. The number of carboxylic acid groups (broad SMARTS) is 1. The lowest BCUT2D eigenvalue weighted by Crippen LogP contribution is -2.14. The smallest absolute Gasteiger partial charge is 0.316 e. The van der Waals surface area contributed by atoms with E-state index < -0.39 is 5.97 Å². The number of nitrogen functional groups attached to an aromatic ring is 1. The fourth-order valence-corrected chi connectivity index (χ4v) is 2.23. The van der Waals surface area contributed by atoms with Crippen LogP contribution in [0.1, 0.15) is 18.9 Å². The molecule has 1 aromatic carbocycles. The van der Waals surface area contributed by atoms with Crippen LogP contribution >= 0.6 is 11.8 Å². The highest BCUT2D eigenvalue weighted by atomic mass is 32.2. The van der Waals surface area contributed by atoms with Crippen LogP contribution in [0.15, 0.2) is 23.1 Å². The molecular weight excluding hydrogens is 210 g/mol. The highest BCUT2D eigenvalue weighted by molar-refractivity contribution is 8.00. The molecule has 15 heavy (non-hydrogen) atoms. The summed E-state index contributed by atoms with van der Waals surface area (Å²) in [6, 6.07) is 5.53. The molecule has 3 N–H and O–H groups in total. The molecule has 0 aliphatic rings. The van der Waals surface area contributed by atoms with Gasteiger partial charge in [-0.1, -0.05) is 6.92 Å². The number of carbonyl (C=O) groups is 1. The third kappa shape index (κ3) is 3.16. The maximum Gasteiger partial charge on any atom is 0.316 e. The molecule has 1 atom stereocenters. The van der Waals surface area contributed by atoms with Crippen molar-refractivity contribution in [1.29, 1.82) is 0 Å². The van der Waals surface area contributed by atoms with Crippen molar-refractivity contribution < 1.29 is 9.90 Å². The van der Waals surface area contributed by atoms with Gasteiger partial charge in [0.05, 0.1) is 0 Å². The van der Waals surface area contributed by atoms with Crippen molar-refractivity contribution >= 4 is 23.4 Å². The van der Waals surface area contributed by atoms with E-state index in [1.54, 1.807) is 6.07 Å². The summed E-state index contributed by atoms with van der Waals surface area (Å²) in [6.45, 7) is 3.81. The summed E-state index contributed by atoms with van der Waals surface area (Å²) in [7, 11) is 0. The Morgan fingerprint density at radius 2 is 2.27 bits per heavy atom. The second-order valence-electron chi connectivity index (χ2n) is 3.38. The number of aryl methyl sites for hydroxylation is 1. The summed E-state index contributed by atoms with van der Waals surface area (Å²) in [4.78, 5) is 11.9. The number of thioether (sulfide) groups is 1. The van der Waals surface area contributed by atoms with Crippen molar-refractivity contribution in [3.8, 4) is 0 Å². The molecule has 0 heterocycles. The van der Waals surface area contributed by atoms with E-state index in [0.29, 0.717) is 12.1 Å². The molecule has 0 saturated heterocycles. The van der Waals surface area contributed by atoms with Gasteiger partial charge in [-0.3, -0.25) is 4.79 Å². The minimum atomic E-state index is -0.765. The number of carboxylic acids is 1. The number of anilines is 1. The summed E-state index contributed by atoms with van der Waals surface area (Å²) in [5.41, 5.74) is 7.36. The van der Waals surface area contributed by atoms with Crippen LogP contribution in [-0.2, 0) is 4.79 Å². The molecule has 0 amide bonds. The quantitative estimate of drug-likeness (QED) is 0.610. The van der Waals surface area contributed by atoms with Crippen LogP contribution in [0, 0.1) is 6.92 Å². The highest BCUT2D eigenvalue weighted by Crippen LogP contribution is 2.29. The van der Waals surface area contributed by atoms with Crippen molar-refractivity contribution in [1.82, 2.24) is 0 Å². The van der Waals surface area contributed by atoms with Crippen LogP contribution in [0.3, 0.4) is 0 Å². The maximum atomic E-state index is 10.9. The van der Waals surface area contributed by atoms with Gasteiger partial charge in [-0.2, -0.15) is 0 Å². The molecule has 0 saturated carbocycles. The van der Waals surface area contributed by atoms with Gasteiger partial charge in [0.15, 0.2) is 0 Å². The van der Waals surface area contributed by atoms with Crippen LogP contribution in [0.4, 0.5) is 5.69 Å². The summed E-state index contributed by atoms with van der Waals surface area (Å²) in [5.74, 6) is -0.765. The monoisotopic (exact) mass is 225 g/mol. The Hall–Kier alpha value is -1.16. The van der Waals surface area contributed by atoms with Crippen LogP contribution in [0.2, 0.25) is 0 Å². The van der Waals surface area contributed by atoms with Crippen molar-refractivity contribution in [2.24, 2.45) is 0 Å². The number of hydrogen-bond donors (Lipinski definition) is 2. The van der Waals surface area contributed by atoms with E-state index in [2.05, 4.69) is 0 Å². The standard InChI is InChI=1S/C11H15NO2S/c1-3-9(11(13)14)15-10-5-4-8(12)6-7(10)2/h4-6,9H,3,12H2,1-2H3,(H,13,14). The predicted molar refractivity (Wildman–Crippen MR) is 63.2 cm³/mol. The molecule has 0 aromatic heterocycles. The molecule has 0 radical (unpaired) electrons. The fourth-order valence-electron chi connectivity index (χ4n) is 1.27. The van der Waals surface area contributed by atoms with Crippen LogP contribution in [0.25, 0.3) is 0 Å². The molecule has 0 bridgehead atoms. The molecule has 0 spiro atoms. The first kappa shape index (κ1) is 11.9. The highest BCUT2D eigenvalue weighted by Gasteiger charge is 2.17. The molecule has 3 nitrogen and oxygen atoms in total. The van der Waals surface area contributed by atoms with Crippen LogP contribution in [0.5, 0.6) is 0 Å². The molecule has 0 aliphatic carbocycles. The lowest BCUT2D eigenvalue weighted by Gasteiger charge is -2.11. The zero-order valence-electron chi connectivity index (χ0n) is 8.86. The molecule has 82 valence electrons. The SMILES string of the molecule is CCC(Sc1ccc(N)cc1C)C(=O)O. The first-order chi connectivity index (χ1) is 7.04. The topological polar surface area (TPSA) is 63.3 Å². The Labute approximate surface area is 93.7 Å². The van der Waals surface area contributed by atoms with Gasteiger partial charge in [-0.05, 0) is 37.1 Å². The second kappa shape index (κ2) is 5.07. The molecule has 0 aliphatic heterocycles. The number of nitrogens with two attached hydrogens (primary N) is 1. The van der Waals surface area contributed by atoms with Crippen molar-refractivity contribution in [3.05, 3.63) is 23.8 Å². The lowest BCUT2D eigenvalue weighted by molar-refractivity contribution is -0.136. The van der Waals surface area contributed by atoms with E-state index >= 15 is 0 Å². The number of aliphatic carboxylic acids is 1. The zero-order chi connectivity index (χ0) is 11.4. The molecule has 0 fully saturated rings. The van der Waals surface area contributed by atoms with E-state index in [-0.39, 0.29) is 5.25 Å². The molecule has 1 rings (SSSR count). The Morgan fingerprint density at radius 3 is 2.73 bits per heavy atom. The van der Waals surface area contributed by atoms with Crippen molar-refractivity contribution in [3.63, 3.8) is 0 Å². The van der Waals surface area contributed by atoms with E-state index in [4.69, 9.17) is 10.8 Å². The summed E-state index contributed by atoms with van der Waals surface area (Å²) in [6.07, 6.45) is 0.615. The van der Waals surface area contributed by atoms with Gasteiger partial charge in [0.1, 0.15) is 5.25 Å². The number of rotatable bonds is 4. The maximum absolute atomic E-state index is 10.9. The summed E-state index contributed by atoms with van der Waals surface area (Å²) >= 11 is 1.38. The van der Waals surface area contributed by atoms with Gasteiger partial charge in [-0.15, -0.1) is 11.8 Å². The van der Waals surface area contributed by atoms with Gasteiger partial charge in [0.25, 0.3) is 0 Å². The van der Waals surface area contributed by atoms with E-state index in [0.717, 1.165) is 10.5 Å².